The van der Waals surface area contributed by atoms with E-state index in [0.717, 1.165) is 22.3 Å². The lowest BCUT2D eigenvalue weighted by molar-refractivity contribution is -0.141. The number of carbonyl (C=O) groups is 2. The van der Waals surface area contributed by atoms with Gasteiger partial charge in [-0.2, -0.15) is 0 Å². The zero-order chi connectivity index (χ0) is 28.4. The smallest absolute Gasteiger partial charge is 0.243 e. The first-order chi connectivity index (χ1) is 18.6. The van der Waals surface area contributed by atoms with Crippen molar-refractivity contribution in [3.8, 4) is 0 Å². The molecule has 3 aromatic rings. The van der Waals surface area contributed by atoms with E-state index in [4.69, 9.17) is 0 Å². The molecule has 3 rings (SSSR count). The molecule has 0 bridgehead atoms. The normalized spacial score (nSPS) is 12.0. The Hall–Kier alpha value is -3.65. The molecule has 208 valence electrons. The average Bonchev–Trinajstić information content (AvgIpc) is 2.90. The lowest BCUT2D eigenvalue weighted by Crippen LogP contribution is -2.50. The monoisotopic (exact) mass is 549 g/mol. The molecular weight excluding hydrogens is 510 g/mol. The van der Waals surface area contributed by atoms with Gasteiger partial charge >= 0.3 is 0 Å². The number of hydrogen-bond acceptors (Lipinski definition) is 4. The molecule has 0 heterocycles. The standard InChI is InChI=1S/C31H39N3O4S/c1-5-32-31(36)29(22-26-13-7-6-8-14-26)33(23-27-15-10-9-12-25(27)3)30(35)16-11-21-34(39(4,37)38)28-19-17-24(2)18-20-28/h6-10,12-15,17-20,29H,5,11,16,21-23H2,1-4H3,(H,32,36)/t29-/m1/s1. The van der Waals surface area contributed by atoms with Crippen LogP contribution in [0.3, 0.4) is 0 Å². The van der Waals surface area contributed by atoms with Crippen LogP contribution in [0.5, 0.6) is 0 Å². The Kier molecular flexibility index (Phi) is 10.7. The van der Waals surface area contributed by atoms with Crippen LogP contribution in [0.25, 0.3) is 0 Å². The van der Waals surface area contributed by atoms with E-state index in [1.165, 1.54) is 10.6 Å². The van der Waals surface area contributed by atoms with Crippen molar-refractivity contribution in [1.82, 2.24) is 10.2 Å². The fourth-order valence-electron chi connectivity index (χ4n) is 4.53. The van der Waals surface area contributed by atoms with Gasteiger partial charge in [-0.15, -0.1) is 0 Å². The lowest BCUT2D eigenvalue weighted by Gasteiger charge is -2.32. The van der Waals surface area contributed by atoms with Gasteiger partial charge in [0.15, 0.2) is 0 Å². The molecule has 3 aromatic carbocycles. The summed E-state index contributed by atoms with van der Waals surface area (Å²) in [6.45, 7) is 6.69. The predicted molar refractivity (Wildman–Crippen MR) is 157 cm³/mol. The van der Waals surface area contributed by atoms with E-state index in [1.54, 1.807) is 17.0 Å². The minimum atomic E-state index is -3.54. The number of carbonyl (C=O) groups excluding carboxylic acids is 2. The minimum Gasteiger partial charge on any atom is -0.355 e. The minimum absolute atomic E-state index is 0.106. The van der Waals surface area contributed by atoms with Crippen LogP contribution in [0.15, 0.2) is 78.9 Å². The molecule has 0 aromatic heterocycles. The molecular formula is C31H39N3O4S. The number of sulfonamides is 1. The fourth-order valence-corrected chi connectivity index (χ4v) is 5.50. The van der Waals surface area contributed by atoms with Gasteiger partial charge < -0.3 is 10.2 Å². The first kappa shape index (κ1) is 29.9. The highest BCUT2D eigenvalue weighted by molar-refractivity contribution is 7.92. The molecule has 0 aliphatic carbocycles. The largest absolute Gasteiger partial charge is 0.355 e. The maximum atomic E-state index is 13.8. The van der Waals surface area contributed by atoms with Crippen molar-refractivity contribution < 1.29 is 18.0 Å². The molecule has 7 nitrogen and oxygen atoms in total. The molecule has 0 saturated heterocycles. The molecule has 0 spiro atoms. The van der Waals surface area contributed by atoms with Crippen LogP contribution in [-0.2, 0) is 32.6 Å². The van der Waals surface area contributed by atoms with Crippen LogP contribution in [0.4, 0.5) is 5.69 Å². The molecule has 0 radical (unpaired) electrons. The summed E-state index contributed by atoms with van der Waals surface area (Å²) in [5, 5.41) is 2.90. The molecule has 1 atom stereocenters. The van der Waals surface area contributed by atoms with Crippen molar-refractivity contribution in [2.75, 3.05) is 23.7 Å². The van der Waals surface area contributed by atoms with Crippen LogP contribution < -0.4 is 9.62 Å². The van der Waals surface area contributed by atoms with Crippen molar-refractivity contribution in [2.45, 2.75) is 52.6 Å². The molecule has 8 heteroatoms. The average molecular weight is 550 g/mol. The number of aryl methyl sites for hydroxylation is 2. The maximum absolute atomic E-state index is 13.8. The van der Waals surface area contributed by atoms with Gasteiger partial charge in [0.05, 0.1) is 11.9 Å². The summed E-state index contributed by atoms with van der Waals surface area (Å²) < 4.78 is 26.4. The molecule has 0 aliphatic heterocycles. The summed E-state index contributed by atoms with van der Waals surface area (Å²) in [7, 11) is -3.54. The summed E-state index contributed by atoms with van der Waals surface area (Å²) >= 11 is 0. The van der Waals surface area contributed by atoms with Gasteiger partial charge in [-0.05, 0) is 56.0 Å². The Morgan fingerprint density at radius 3 is 2.15 bits per heavy atom. The number of nitrogens with zero attached hydrogens (tertiary/aromatic N) is 2. The second kappa shape index (κ2) is 13.9. The van der Waals surface area contributed by atoms with Gasteiger partial charge in [-0.1, -0.05) is 72.3 Å². The number of benzene rings is 3. The number of hydrogen-bond donors (Lipinski definition) is 1. The van der Waals surface area contributed by atoms with Gasteiger partial charge in [-0.3, -0.25) is 13.9 Å². The fraction of sp³-hybridized carbons (Fsp3) is 0.355. The zero-order valence-electron chi connectivity index (χ0n) is 23.3. The summed E-state index contributed by atoms with van der Waals surface area (Å²) in [4.78, 5) is 28.7. The van der Waals surface area contributed by atoms with Crippen molar-refractivity contribution >= 4 is 27.5 Å². The van der Waals surface area contributed by atoms with Crippen LogP contribution >= 0.6 is 0 Å². The van der Waals surface area contributed by atoms with E-state index in [1.807, 2.05) is 87.5 Å². The first-order valence-electron chi connectivity index (χ1n) is 13.3. The highest BCUT2D eigenvalue weighted by Crippen LogP contribution is 2.21. The number of rotatable bonds is 13. The van der Waals surface area contributed by atoms with Gasteiger partial charge in [0.1, 0.15) is 6.04 Å². The van der Waals surface area contributed by atoms with E-state index in [0.29, 0.717) is 25.1 Å². The molecule has 0 saturated carbocycles. The third-order valence-electron chi connectivity index (χ3n) is 6.70. The number of anilines is 1. The quantitative estimate of drug-likeness (QED) is 0.337. The van der Waals surface area contributed by atoms with Crippen LogP contribution in [0.2, 0.25) is 0 Å². The van der Waals surface area contributed by atoms with Gasteiger partial charge in [0, 0.05) is 32.5 Å². The SMILES string of the molecule is CCNC(=O)[C@@H](Cc1ccccc1)N(Cc1ccccc1C)C(=O)CCCN(c1ccc(C)cc1)S(C)(=O)=O. The molecule has 39 heavy (non-hydrogen) atoms. The number of likely N-dealkylation sites (N-methyl/N-ethyl adjacent to an activating group) is 1. The Morgan fingerprint density at radius 1 is 0.897 bits per heavy atom. The summed E-state index contributed by atoms with van der Waals surface area (Å²) in [6.07, 6.45) is 1.97. The third kappa shape index (κ3) is 8.68. The van der Waals surface area contributed by atoms with Crippen LogP contribution in [-0.4, -0.2) is 50.5 Å². The van der Waals surface area contributed by atoms with Crippen molar-refractivity contribution in [1.29, 1.82) is 0 Å². The van der Waals surface area contributed by atoms with E-state index >= 15 is 0 Å². The molecule has 1 N–H and O–H groups in total. The van der Waals surface area contributed by atoms with Crippen molar-refractivity contribution in [2.24, 2.45) is 0 Å². The number of nitrogens with one attached hydrogen (secondary N) is 1. The second-order valence-electron chi connectivity index (χ2n) is 9.82. The topological polar surface area (TPSA) is 86.8 Å². The number of amides is 2. The van der Waals surface area contributed by atoms with E-state index < -0.39 is 16.1 Å². The van der Waals surface area contributed by atoms with Crippen molar-refractivity contribution in [3.05, 3.63) is 101 Å². The molecule has 0 unspecified atom stereocenters. The Labute approximate surface area is 232 Å². The summed E-state index contributed by atoms with van der Waals surface area (Å²) in [5.41, 5.74) is 4.55. The Bertz CT molecular complexity index is 1340. The van der Waals surface area contributed by atoms with Crippen molar-refractivity contribution in [3.63, 3.8) is 0 Å². The van der Waals surface area contributed by atoms with E-state index in [-0.39, 0.29) is 31.3 Å². The van der Waals surface area contributed by atoms with Crippen LogP contribution in [0.1, 0.15) is 42.0 Å². The summed E-state index contributed by atoms with van der Waals surface area (Å²) in [6, 6.07) is 24.1. The maximum Gasteiger partial charge on any atom is 0.243 e. The lowest BCUT2D eigenvalue weighted by atomic mass is 10.0. The third-order valence-corrected chi connectivity index (χ3v) is 7.89. The Morgan fingerprint density at radius 2 is 1.54 bits per heavy atom. The molecule has 2 amide bonds. The first-order valence-corrected chi connectivity index (χ1v) is 15.1. The van der Waals surface area contributed by atoms with E-state index in [9.17, 15) is 18.0 Å². The van der Waals surface area contributed by atoms with Gasteiger partial charge in [0.25, 0.3) is 0 Å². The highest BCUT2D eigenvalue weighted by Gasteiger charge is 2.30. The predicted octanol–water partition coefficient (Wildman–Crippen LogP) is 4.63. The van der Waals surface area contributed by atoms with E-state index in [2.05, 4.69) is 5.32 Å². The van der Waals surface area contributed by atoms with Crippen LogP contribution in [0, 0.1) is 13.8 Å². The Balaban J connectivity index is 1.86. The highest BCUT2D eigenvalue weighted by atomic mass is 32.2. The molecule has 0 fully saturated rings. The zero-order valence-corrected chi connectivity index (χ0v) is 24.1. The van der Waals surface area contributed by atoms with Gasteiger partial charge in [0.2, 0.25) is 21.8 Å². The summed E-state index contributed by atoms with van der Waals surface area (Å²) in [5.74, 6) is -0.400. The molecule has 0 aliphatic rings. The second-order valence-corrected chi connectivity index (χ2v) is 11.7. The van der Waals surface area contributed by atoms with Gasteiger partial charge in [-0.25, -0.2) is 8.42 Å².